The van der Waals surface area contributed by atoms with Gasteiger partial charge in [-0.1, -0.05) is 0 Å². The van der Waals surface area contributed by atoms with E-state index >= 15 is 0 Å². The molecule has 0 spiro atoms. The number of hydrogen-bond donors (Lipinski definition) is 1. The van der Waals surface area contributed by atoms with E-state index in [9.17, 15) is 0 Å². The summed E-state index contributed by atoms with van der Waals surface area (Å²) in [6, 6.07) is 8.60. The summed E-state index contributed by atoms with van der Waals surface area (Å²) in [5, 5.41) is 3.42. The fraction of sp³-hybridized carbons (Fsp3) is 0.400. The minimum Gasteiger partial charge on any atom is -0.378 e. The van der Waals surface area contributed by atoms with Crippen molar-refractivity contribution in [1.82, 2.24) is 14.9 Å². The predicted octanol–water partition coefficient (Wildman–Crippen LogP) is 2.02. The summed E-state index contributed by atoms with van der Waals surface area (Å²) in [6.07, 6.45) is 5.11. The Balaban J connectivity index is 1.91. The van der Waals surface area contributed by atoms with Gasteiger partial charge in [0.1, 0.15) is 0 Å². The van der Waals surface area contributed by atoms with Gasteiger partial charge in [-0.05, 0) is 37.2 Å². The fourth-order valence-corrected chi connectivity index (χ4v) is 2.64. The number of nitrogens with one attached hydrogen (secondary N) is 1. The smallest absolute Gasteiger partial charge is 0.0994 e. The van der Waals surface area contributed by atoms with E-state index in [1.165, 1.54) is 23.5 Å². The van der Waals surface area contributed by atoms with Crippen molar-refractivity contribution in [3.63, 3.8) is 0 Å². The number of hydrogen-bond acceptors (Lipinski definition) is 3. The molecule has 1 fully saturated rings. The summed E-state index contributed by atoms with van der Waals surface area (Å²) < 4.78 is 2.21. The van der Waals surface area contributed by atoms with Crippen LogP contribution in [0.15, 0.2) is 36.8 Å². The molecule has 100 valence electrons. The van der Waals surface area contributed by atoms with Gasteiger partial charge in [-0.2, -0.15) is 0 Å². The highest BCUT2D eigenvalue weighted by Crippen LogP contribution is 2.25. The van der Waals surface area contributed by atoms with Crippen molar-refractivity contribution < 1.29 is 0 Å². The Labute approximate surface area is 114 Å². The van der Waals surface area contributed by atoms with Crippen LogP contribution in [-0.4, -0.2) is 36.7 Å². The highest BCUT2D eigenvalue weighted by Gasteiger charge is 2.20. The van der Waals surface area contributed by atoms with Crippen LogP contribution in [-0.2, 0) is 0 Å². The minimum absolute atomic E-state index is 0.580. The van der Waals surface area contributed by atoms with Gasteiger partial charge in [0.2, 0.25) is 0 Å². The number of anilines is 1. The Morgan fingerprint density at radius 2 is 2.05 bits per heavy atom. The van der Waals surface area contributed by atoms with Crippen LogP contribution in [0.2, 0.25) is 0 Å². The molecule has 1 aromatic heterocycles. The highest BCUT2D eigenvalue weighted by molar-refractivity contribution is 5.50. The Morgan fingerprint density at radius 3 is 2.68 bits per heavy atom. The standard InChI is InChI=1S/C15H20N4/c1-18(2)13-3-5-14(6-4-13)19-11-17-10-15(19)12-7-8-16-9-12/h3-6,10-12,16H,7-9H2,1-2H3. The van der Waals surface area contributed by atoms with Crippen molar-refractivity contribution >= 4 is 5.69 Å². The molecule has 1 aromatic carbocycles. The van der Waals surface area contributed by atoms with Crippen LogP contribution in [0.4, 0.5) is 5.69 Å². The third-order valence-corrected chi connectivity index (χ3v) is 3.79. The maximum Gasteiger partial charge on any atom is 0.0994 e. The second kappa shape index (κ2) is 5.05. The molecule has 2 aromatic rings. The van der Waals surface area contributed by atoms with Crippen LogP contribution in [0, 0.1) is 0 Å². The third kappa shape index (κ3) is 2.36. The maximum absolute atomic E-state index is 4.33. The van der Waals surface area contributed by atoms with Gasteiger partial charge in [-0.15, -0.1) is 0 Å². The molecule has 1 aliphatic rings. The van der Waals surface area contributed by atoms with Gasteiger partial charge >= 0.3 is 0 Å². The molecule has 1 saturated heterocycles. The number of benzene rings is 1. The van der Waals surface area contributed by atoms with Gasteiger partial charge in [-0.25, -0.2) is 4.98 Å². The summed E-state index contributed by atoms with van der Waals surface area (Å²) in [4.78, 5) is 6.44. The van der Waals surface area contributed by atoms with E-state index in [1.807, 2.05) is 12.5 Å². The number of nitrogens with zero attached hydrogens (tertiary/aromatic N) is 3. The Hall–Kier alpha value is -1.81. The molecule has 19 heavy (non-hydrogen) atoms. The van der Waals surface area contributed by atoms with Gasteiger partial charge < -0.3 is 14.8 Å². The van der Waals surface area contributed by atoms with Crippen LogP contribution in [0.3, 0.4) is 0 Å². The zero-order chi connectivity index (χ0) is 13.2. The average molecular weight is 256 g/mol. The van der Waals surface area contributed by atoms with Crippen LogP contribution in [0.1, 0.15) is 18.0 Å². The average Bonchev–Trinajstić information content (AvgIpc) is 3.09. The van der Waals surface area contributed by atoms with Crippen LogP contribution < -0.4 is 10.2 Å². The van der Waals surface area contributed by atoms with Gasteiger partial charge in [0.05, 0.1) is 6.33 Å². The third-order valence-electron chi connectivity index (χ3n) is 3.79. The summed E-state index contributed by atoms with van der Waals surface area (Å²) in [5.41, 5.74) is 3.71. The van der Waals surface area contributed by atoms with Crippen LogP contribution in [0.5, 0.6) is 0 Å². The Bertz CT molecular complexity index is 536. The fourth-order valence-electron chi connectivity index (χ4n) is 2.64. The predicted molar refractivity (Wildman–Crippen MR) is 78.1 cm³/mol. The van der Waals surface area contributed by atoms with E-state index in [1.54, 1.807) is 0 Å². The highest BCUT2D eigenvalue weighted by atomic mass is 15.1. The van der Waals surface area contributed by atoms with Crippen LogP contribution in [0.25, 0.3) is 5.69 Å². The molecule has 1 unspecified atom stereocenters. The summed E-state index contributed by atoms with van der Waals surface area (Å²) in [5.74, 6) is 0.580. The number of rotatable bonds is 3. The first-order valence-corrected chi connectivity index (χ1v) is 6.76. The Morgan fingerprint density at radius 1 is 1.26 bits per heavy atom. The molecule has 1 aliphatic heterocycles. The topological polar surface area (TPSA) is 33.1 Å². The molecule has 0 aliphatic carbocycles. The lowest BCUT2D eigenvalue weighted by Gasteiger charge is -2.15. The molecule has 2 heterocycles. The molecular weight excluding hydrogens is 236 g/mol. The lowest BCUT2D eigenvalue weighted by molar-refractivity contribution is 0.714. The quantitative estimate of drug-likeness (QED) is 0.912. The molecule has 1 atom stereocenters. The van der Waals surface area contributed by atoms with E-state index in [2.05, 4.69) is 58.1 Å². The first kappa shape index (κ1) is 12.2. The van der Waals surface area contributed by atoms with Crippen molar-refractivity contribution in [2.75, 3.05) is 32.1 Å². The van der Waals surface area contributed by atoms with E-state index in [4.69, 9.17) is 0 Å². The molecule has 0 radical (unpaired) electrons. The monoisotopic (exact) mass is 256 g/mol. The normalized spacial score (nSPS) is 18.7. The van der Waals surface area contributed by atoms with E-state index in [-0.39, 0.29) is 0 Å². The summed E-state index contributed by atoms with van der Waals surface area (Å²) >= 11 is 0. The van der Waals surface area contributed by atoms with Crippen molar-refractivity contribution in [3.8, 4) is 5.69 Å². The summed E-state index contributed by atoms with van der Waals surface area (Å²) in [7, 11) is 4.11. The van der Waals surface area contributed by atoms with E-state index in [0.29, 0.717) is 5.92 Å². The first-order chi connectivity index (χ1) is 9.25. The van der Waals surface area contributed by atoms with Crippen molar-refractivity contribution in [2.24, 2.45) is 0 Å². The lowest BCUT2D eigenvalue weighted by Crippen LogP contribution is -2.11. The zero-order valence-electron chi connectivity index (χ0n) is 11.5. The number of aromatic nitrogens is 2. The molecule has 4 nitrogen and oxygen atoms in total. The van der Waals surface area contributed by atoms with Gasteiger partial charge in [0.25, 0.3) is 0 Å². The summed E-state index contributed by atoms with van der Waals surface area (Å²) in [6.45, 7) is 2.16. The van der Waals surface area contributed by atoms with E-state index < -0.39 is 0 Å². The van der Waals surface area contributed by atoms with Crippen molar-refractivity contribution in [1.29, 1.82) is 0 Å². The van der Waals surface area contributed by atoms with Gasteiger partial charge in [0, 0.05) is 49.8 Å². The molecule has 1 N–H and O–H groups in total. The second-order valence-electron chi connectivity index (χ2n) is 5.29. The number of imidazole rings is 1. The molecule has 4 heteroatoms. The Kier molecular flexibility index (Phi) is 3.25. The molecule has 0 bridgehead atoms. The maximum atomic E-state index is 4.33. The largest absolute Gasteiger partial charge is 0.378 e. The van der Waals surface area contributed by atoms with Crippen molar-refractivity contribution in [2.45, 2.75) is 12.3 Å². The lowest BCUT2D eigenvalue weighted by atomic mass is 10.1. The second-order valence-corrected chi connectivity index (χ2v) is 5.29. The molecular formula is C15H20N4. The minimum atomic E-state index is 0.580. The van der Waals surface area contributed by atoms with E-state index in [0.717, 1.165) is 13.1 Å². The zero-order valence-corrected chi connectivity index (χ0v) is 11.5. The van der Waals surface area contributed by atoms with Gasteiger partial charge in [0.15, 0.2) is 0 Å². The van der Waals surface area contributed by atoms with Crippen LogP contribution >= 0.6 is 0 Å². The molecule has 3 rings (SSSR count). The first-order valence-electron chi connectivity index (χ1n) is 6.76. The molecule has 0 saturated carbocycles. The van der Waals surface area contributed by atoms with Crippen molar-refractivity contribution in [3.05, 3.63) is 42.5 Å². The molecule has 0 amide bonds. The van der Waals surface area contributed by atoms with Gasteiger partial charge in [-0.3, -0.25) is 0 Å². The SMILES string of the molecule is CN(C)c1ccc(-n2cncc2C2CCNC2)cc1.